The van der Waals surface area contributed by atoms with Gasteiger partial charge in [-0.3, -0.25) is 0 Å². The van der Waals surface area contributed by atoms with E-state index in [1.165, 1.54) is 19.4 Å². The maximum absolute atomic E-state index is 15.3. The number of hydrogen-bond donors (Lipinski definition) is 2. The zero-order valence-electron chi connectivity index (χ0n) is 21.1. The predicted molar refractivity (Wildman–Crippen MR) is 134 cm³/mol. The quantitative estimate of drug-likeness (QED) is 0.498. The first-order valence-electron chi connectivity index (χ1n) is 12.7. The molecular weight excluding hydrogens is 478 g/mol. The summed E-state index contributed by atoms with van der Waals surface area (Å²) >= 11 is 0. The summed E-state index contributed by atoms with van der Waals surface area (Å²) < 4.78 is 35.4. The summed E-state index contributed by atoms with van der Waals surface area (Å²) in [5, 5.41) is 30.7. The molecule has 3 aromatic rings. The van der Waals surface area contributed by atoms with Crippen LogP contribution in [-0.4, -0.2) is 55.8 Å². The maximum atomic E-state index is 15.3. The van der Waals surface area contributed by atoms with Crippen molar-refractivity contribution in [2.45, 2.75) is 75.5 Å². The topological polar surface area (TPSA) is 96.3 Å². The van der Waals surface area contributed by atoms with E-state index >= 15 is 8.78 Å². The van der Waals surface area contributed by atoms with Gasteiger partial charge in [-0.05, 0) is 70.6 Å². The fraction of sp³-hybridized carbons (Fsp3) is 0.481. The predicted octanol–water partition coefficient (Wildman–Crippen LogP) is 4.63. The van der Waals surface area contributed by atoms with Gasteiger partial charge in [0, 0.05) is 40.4 Å². The highest BCUT2D eigenvalue weighted by atomic mass is 19.2. The second-order valence-electron chi connectivity index (χ2n) is 11.2. The molecule has 2 aromatic heterocycles. The van der Waals surface area contributed by atoms with Crippen molar-refractivity contribution >= 4 is 5.82 Å². The lowest BCUT2D eigenvalue weighted by molar-refractivity contribution is 0.203. The largest absolute Gasteiger partial charge is 0.507 e. The molecule has 3 atom stereocenters. The number of piperidine rings is 1. The molecule has 4 heterocycles. The molecule has 1 saturated carbocycles. The SMILES string of the molecule is COc1cc(-c2cc(O)c(-c3ccc(N(C4CC4)C4C[C@]5(C)CC[C@](C)(C4)N5)nn3)c(F)c2F)cnn1. The van der Waals surface area contributed by atoms with Crippen LogP contribution in [0.2, 0.25) is 0 Å². The van der Waals surface area contributed by atoms with Gasteiger partial charge in [0.2, 0.25) is 5.88 Å². The molecule has 3 aliphatic rings. The summed E-state index contributed by atoms with van der Waals surface area (Å²) in [7, 11) is 1.40. The standard InChI is InChI=1S/C27H30F2N6O2/c1-26-8-9-27(2,34-26)13-17(12-26)35(16-4-5-16)21-7-6-19(31-32-21)23-20(36)11-18(24(28)25(23)29)15-10-22(37-3)33-30-14-15/h6-7,10-11,14,16-17,34,36H,4-5,8-9,12-13H2,1-3H3/t17?,26-,27+. The van der Waals surface area contributed by atoms with E-state index in [4.69, 9.17) is 4.74 Å². The number of fused-ring (bicyclic) bond motifs is 2. The average molecular weight is 509 g/mol. The highest BCUT2D eigenvalue weighted by molar-refractivity contribution is 5.75. The Morgan fingerprint density at radius 1 is 1.00 bits per heavy atom. The zero-order valence-corrected chi connectivity index (χ0v) is 21.1. The van der Waals surface area contributed by atoms with Crippen LogP contribution in [0.5, 0.6) is 11.6 Å². The molecule has 2 saturated heterocycles. The van der Waals surface area contributed by atoms with E-state index in [9.17, 15) is 5.11 Å². The van der Waals surface area contributed by atoms with Gasteiger partial charge in [-0.2, -0.15) is 5.10 Å². The van der Waals surface area contributed by atoms with Crippen LogP contribution in [-0.2, 0) is 0 Å². The van der Waals surface area contributed by atoms with E-state index in [1.54, 1.807) is 12.1 Å². The number of nitrogens with one attached hydrogen (secondary N) is 1. The maximum Gasteiger partial charge on any atom is 0.233 e. The second kappa shape index (κ2) is 8.58. The first-order valence-corrected chi connectivity index (χ1v) is 12.7. The number of rotatable bonds is 6. The first kappa shape index (κ1) is 24.0. The van der Waals surface area contributed by atoms with Crippen LogP contribution in [0.4, 0.5) is 14.6 Å². The third-order valence-corrected chi connectivity index (χ3v) is 8.05. The molecule has 1 aliphatic carbocycles. The van der Waals surface area contributed by atoms with Gasteiger partial charge in [0.1, 0.15) is 5.75 Å². The number of hydrogen-bond acceptors (Lipinski definition) is 8. The molecule has 2 N–H and O–H groups in total. The van der Waals surface area contributed by atoms with Gasteiger partial charge in [-0.25, -0.2) is 8.78 Å². The molecule has 2 aliphatic heterocycles. The summed E-state index contributed by atoms with van der Waals surface area (Å²) in [6.07, 6.45) is 7.86. The Labute approximate surface area is 214 Å². The van der Waals surface area contributed by atoms with Crippen LogP contribution < -0.4 is 15.0 Å². The summed E-state index contributed by atoms with van der Waals surface area (Å²) in [6.45, 7) is 4.60. The number of aromatic nitrogens is 4. The number of ether oxygens (including phenoxy) is 1. The Hall–Kier alpha value is -3.40. The molecule has 10 heteroatoms. The van der Waals surface area contributed by atoms with Gasteiger partial charge in [0.15, 0.2) is 17.5 Å². The van der Waals surface area contributed by atoms with Gasteiger partial charge in [-0.15, -0.1) is 15.3 Å². The van der Waals surface area contributed by atoms with Crippen molar-refractivity contribution in [2.24, 2.45) is 0 Å². The van der Waals surface area contributed by atoms with Gasteiger partial charge >= 0.3 is 0 Å². The lowest BCUT2D eigenvalue weighted by atomic mass is 9.84. The third kappa shape index (κ3) is 4.27. The fourth-order valence-corrected chi connectivity index (χ4v) is 6.30. The van der Waals surface area contributed by atoms with Crippen molar-refractivity contribution in [2.75, 3.05) is 12.0 Å². The van der Waals surface area contributed by atoms with Crippen molar-refractivity contribution in [1.82, 2.24) is 25.7 Å². The molecule has 1 unspecified atom stereocenters. The van der Waals surface area contributed by atoms with Crippen molar-refractivity contribution in [1.29, 1.82) is 0 Å². The van der Waals surface area contributed by atoms with Crippen LogP contribution in [0.3, 0.4) is 0 Å². The normalized spacial score (nSPS) is 26.8. The van der Waals surface area contributed by atoms with Gasteiger partial charge in [0.25, 0.3) is 0 Å². The minimum absolute atomic E-state index is 0.0645. The molecule has 0 amide bonds. The third-order valence-electron chi connectivity index (χ3n) is 8.05. The monoisotopic (exact) mass is 508 g/mol. The van der Waals surface area contributed by atoms with Crippen LogP contribution in [0.15, 0.2) is 30.5 Å². The van der Waals surface area contributed by atoms with E-state index in [-0.39, 0.29) is 39.3 Å². The number of phenols is 1. The average Bonchev–Trinajstić information content (AvgIpc) is 3.67. The molecular formula is C27H30F2N6O2. The number of nitrogens with zero attached hydrogens (tertiary/aromatic N) is 5. The van der Waals surface area contributed by atoms with E-state index in [1.807, 2.05) is 0 Å². The van der Waals surface area contributed by atoms with E-state index < -0.39 is 17.4 Å². The number of phenolic OH excluding ortho intramolecular Hbond substituents is 1. The summed E-state index contributed by atoms with van der Waals surface area (Å²) in [5.41, 5.74) is 0.0346. The molecule has 1 aromatic carbocycles. The molecule has 8 nitrogen and oxygen atoms in total. The minimum Gasteiger partial charge on any atom is -0.507 e. The van der Waals surface area contributed by atoms with Crippen molar-refractivity contribution < 1.29 is 18.6 Å². The van der Waals surface area contributed by atoms with E-state index in [2.05, 4.69) is 44.5 Å². The Morgan fingerprint density at radius 2 is 1.73 bits per heavy atom. The molecule has 2 bridgehead atoms. The molecule has 194 valence electrons. The summed E-state index contributed by atoms with van der Waals surface area (Å²) in [4.78, 5) is 2.38. The minimum atomic E-state index is -1.21. The number of methoxy groups -OCH3 is 1. The Bertz CT molecular complexity index is 1330. The van der Waals surface area contributed by atoms with Gasteiger partial charge in [0.05, 0.1) is 24.6 Å². The highest BCUT2D eigenvalue weighted by Crippen LogP contribution is 2.47. The Morgan fingerprint density at radius 3 is 2.35 bits per heavy atom. The fourth-order valence-electron chi connectivity index (χ4n) is 6.30. The second-order valence-corrected chi connectivity index (χ2v) is 11.2. The van der Waals surface area contributed by atoms with E-state index in [0.29, 0.717) is 12.1 Å². The molecule has 37 heavy (non-hydrogen) atoms. The smallest absolute Gasteiger partial charge is 0.233 e. The molecule has 0 radical (unpaired) electrons. The highest BCUT2D eigenvalue weighted by Gasteiger charge is 2.51. The number of benzene rings is 1. The van der Waals surface area contributed by atoms with Crippen LogP contribution >= 0.6 is 0 Å². The molecule has 3 fully saturated rings. The van der Waals surface area contributed by atoms with Crippen LogP contribution in [0, 0.1) is 11.6 Å². The Balaban J connectivity index is 1.31. The van der Waals surface area contributed by atoms with Gasteiger partial charge < -0.3 is 20.1 Å². The molecule has 6 rings (SSSR count). The number of aromatic hydroxyl groups is 1. The van der Waals surface area contributed by atoms with E-state index in [0.717, 1.165) is 50.4 Å². The van der Waals surface area contributed by atoms with Crippen LogP contribution in [0.1, 0.15) is 52.4 Å². The van der Waals surface area contributed by atoms with Crippen molar-refractivity contribution in [3.05, 3.63) is 42.1 Å². The number of anilines is 1. The lowest BCUT2D eigenvalue weighted by Gasteiger charge is -2.46. The van der Waals surface area contributed by atoms with Gasteiger partial charge in [-0.1, -0.05) is 0 Å². The molecule has 0 spiro atoms. The zero-order chi connectivity index (χ0) is 25.9. The van der Waals surface area contributed by atoms with Crippen LogP contribution in [0.25, 0.3) is 22.4 Å². The van der Waals surface area contributed by atoms with Crippen molar-refractivity contribution in [3.8, 4) is 34.0 Å². The summed E-state index contributed by atoms with van der Waals surface area (Å²) in [5.74, 6) is -1.90. The summed E-state index contributed by atoms with van der Waals surface area (Å²) in [6, 6.07) is 6.73. The Kier molecular flexibility index (Phi) is 5.56. The lowest BCUT2D eigenvalue weighted by Crippen LogP contribution is -2.59. The van der Waals surface area contributed by atoms with Crippen molar-refractivity contribution in [3.63, 3.8) is 0 Å². The number of halogens is 2. The first-order chi connectivity index (χ1) is 17.7.